The van der Waals surface area contributed by atoms with Gasteiger partial charge < -0.3 is 14.5 Å². The molecule has 0 unspecified atom stereocenters. The zero-order valence-corrected chi connectivity index (χ0v) is 10.9. The molecule has 0 saturated carbocycles. The summed E-state index contributed by atoms with van der Waals surface area (Å²) in [7, 11) is 1.38. The van der Waals surface area contributed by atoms with Crippen LogP contribution < -0.4 is 0 Å². The first-order chi connectivity index (χ1) is 8.04. The molecule has 98 valence electrons. The van der Waals surface area contributed by atoms with Gasteiger partial charge in [-0.15, -0.1) is 0 Å². The Morgan fingerprint density at radius 2 is 1.71 bits per heavy atom. The van der Waals surface area contributed by atoms with Gasteiger partial charge >= 0.3 is 6.09 Å². The third-order valence-corrected chi connectivity index (χ3v) is 2.86. The fraction of sp³-hybridized carbons (Fsp3) is 0.833. The predicted octanol–water partition coefficient (Wildman–Crippen LogP) is 1.33. The number of carbonyl (C=O) groups excluding carboxylic acids is 2. The molecule has 0 aromatic heterocycles. The quantitative estimate of drug-likeness (QED) is 0.734. The van der Waals surface area contributed by atoms with Crippen molar-refractivity contribution >= 4 is 12.0 Å². The van der Waals surface area contributed by atoms with E-state index in [-0.39, 0.29) is 12.0 Å². The monoisotopic (exact) mass is 242 g/mol. The molecule has 0 atom stereocenters. The highest BCUT2D eigenvalue weighted by molar-refractivity contribution is 5.76. The smallest absolute Gasteiger partial charge is 0.409 e. The fourth-order valence-electron chi connectivity index (χ4n) is 1.96. The van der Waals surface area contributed by atoms with Crippen LogP contribution in [0.3, 0.4) is 0 Å². The number of rotatable bonds is 2. The van der Waals surface area contributed by atoms with Crippen LogP contribution in [0.25, 0.3) is 0 Å². The Kier molecular flexibility index (Phi) is 5.25. The average molecular weight is 242 g/mol. The number of methoxy groups -OCH3 is 1. The van der Waals surface area contributed by atoms with Crippen molar-refractivity contribution in [2.75, 3.05) is 33.3 Å². The van der Waals surface area contributed by atoms with Crippen LogP contribution in [0.5, 0.6) is 0 Å². The lowest BCUT2D eigenvalue weighted by Crippen LogP contribution is -2.37. The van der Waals surface area contributed by atoms with E-state index < -0.39 is 0 Å². The molecule has 0 spiro atoms. The lowest BCUT2D eigenvalue weighted by Gasteiger charge is -2.22. The molecule has 17 heavy (non-hydrogen) atoms. The molecule has 1 saturated heterocycles. The van der Waals surface area contributed by atoms with Gasteiger partial charge in [-0.3, -0.25) is 4.79 Å². The molecule has 2 amide bonds. The number of hydrogen-bond acceptors (Lipinski definition) is 3. The van der Waals surface area contributed by atoms with Crippen LogP contribution in [0.1, 0.15) is 26.7 Å². The number of nitrogens with zero attached hydrogens (tertiary/aromatic N) is 2. The number of hydrogen-bond donors (Lipinski definition) is 0. The molecule has 1 heterocycles. The maximum absolute atomic E-state index is 11.9. The number of ether oxygens (including phenoxy) is 1. The molecule has 0 bridgehead atoms. The molecular weight excluding hydrogens is 220 g/mol. The Balaban J connectivity index is 2.47. The summed E-state index contributed by atoms with van der Waals surface area (Å²) in [6, 6.07) is 0. The van der Waals surface area contributed by atoms with Crippen molar-refractivity contribution in [2.24, 2.45) is 5.92 Å². The summed E-state index contributed by atoms with van der Waals surface area (Å²) in [6.07, 6.45) is 1.10. The van der Waals surface area contributed by atoms with Gasteiger partial charge in [-0.2, -0.15) is 0 Å². The summed E-state index contributed by atoms with van der Waals surface area (Å²) in [5.74, 6) is 0.564. The van der Waals surface area contributed by atoms with Gasteiger partial charge in [-0.25, -0.2) is 4.79 Å². The van der Waals surface area contributed by atoms with Gasteiger partial charge in [0.1, 0.15) is 0 Å². The summed E-state index contributed by atoms with van der Waals surface area (Å²) in [5.41, 5.74) is 0. The summed E-state index contributed by atoms with van der Waals surface area (Å²) >= 11 is 0. The summed E-state index contributed by atoms with van der Waals surface area (Å²) < 4.78 is 4.69. The third kappa shape index (κ3) is 4.24. The minimum atomic E-state index is -0.303. The average Bonchev–Trinajstić information content (AvgIpc) is 2.52. The van der Waals surface area contributed by atoms with Crippen LogP contribution >= 0.6 is 0 Å². The SMILES string of the molecule is COC(=O)N1CCCN(C(=O)CC(C)C)CC1. The first-order valence-corrected chi connectivity index (χ1v) is 6.15. The van der Waals surface area contributed by atoms with Crippen molar-refractivity contribution in [1.29, 1.82) is 0 Å². The molecule has 1 fully saturated rings. The minimum Gasteiger partial charge on any atom is -0.453 e. The van der Waals surface area contributed by atoms with E-state index in [2.05, 4.69) is 4.74 Å². The highest BCUT2D eigenvalue weighted by Crippen LogP contribution is 2.09. The first kappa shape index (κ1) is 13.8. The second-order valence-electron chi connectivity index (χ2n) is 4.79. The molecular formula is C12H22N2O3. The summed E-state index contributed by atoms with van der Waals surface area (Å²) in [4.78, 5) is 26.8. The molecule has 5 heteroatoms. The molecule has 0 N–H and O–H groups in total. The van der Waals surface area contributed by atoms with Gasteiger partial charge in [0.15, 0.2) is 0 Å². The largest absolute Gasteiger partial charge is 0.453 e. The molecule has 1 rings (SSSR count). The van der Waals surface area contributed by atoms with Gasteiger partial charge in [0.05, 0.1) is 7.11 Å². The minimum absolute atomic E-state index is 0.187. The second kappa shape index (κ2) is 6.47. The van der Waals surface area contributed by atoms with E-state index in [1.807, 2.05) is 18.7 Å². The summed E-state index contributed by atoms with van der Waals surface area (Å²) in [6.45, 7) is 6.65. The molecule has 0 aliphatic carbocycles. The van der Waals surface area contributed by atoms with E-state index in [1.165, 1.54) is 7.11 Å². The zero-order valence-electron chi connectivity index (χ0n) is 10.9. The Bertz CT molecular complexity index is 279. The van der Waals surface area contributed by atoms with Gasteiger partial charge in [0.25, 0.3) is 0 Å². The van der Waals surface area contributed by atoms with Crippen LogP contribution in [-0.2, 0) is 9.53 Å². The van der Waals surface area contributed by atoms with Gasteiger partial charge in [-0.1, -0.05) is 13.8 Å². The number of amides is 2. The lowest BCUT2D eigenvalue weighted by molar-refractivity contribution is -0.131. The maximum atomic E-state index is 11.9. The predicted molar refractivity (Wildman–Crippen MR) is 64.6 cm³/mol. The maximum Gasteiger partial charge on any atom is 0.409 e. The van der Waals surface area contributed by atoms with E-state index >= 15 is 0 Å². The van der Waals surface area contributed by atoms with E-state index in [4.69, 9.17) is 0 Å². The van der Waals surface area contributed by atoms with Crippen molar-refractivity contribution in [3.05, 3.63) is 0 Å². The van der Waals surface area contributed by atoms with E-state index in [0.717, 1.165) is 13.0 Å². The fourth-order valence-corrected chi connectivity index (χ4v) is 1.96. The van der Waals surface area contributed by atoms with Crippen LogP contribution in [0.4, 0.5) is 4.79 Å². The zero-order chi connectivity index (χ0) is 12.8. The topological polar surface area (TPSA) is 49.9 Å². The highest BCUT2D eigenvalue weighted by Gasteiger charge is 2.22. The Labute approximate surface area is 103 Å². The van der Waals surface area contributed by atoms with E-state index in [0.29, 0.717) is 32.0 Å². The first-order valence-electron chi connectivity index (χ1n) is 6.15. The van der Waals surface area contributed by atoms with Crippen molar-refractivity contribution in [3.8, 4) is 0 Å². The van der Waals surface area contributed by atoms with Crippen LogP contribution in [0, 0.1) is 5.92 Å². The standard InChI is InChI=1S/C12H22N2O3/c1-10(2)9-11(15)13-5-4-6-14(8-7-13)12(16)17-3/h10H,4-9H2,1-3H3. The molecule has 1 aliphatic heterocycles. The van der Waals surface area contributed by atoms with Crippen LogP contribution in [-0.4, -0.2) is 55.1 Å². The van der Waals surface area contributed by atoms with Crippen LogP contribution in [0.2, 0.25) is 0 Å². The Morgan fingerprint density at radius 1 is 1.12 bits per heavy atom. The molecule has 1 aliphatic rings. The molecule has 5 nitrogen and oxygen atoms in total. The Morgan fingerprint density at radius 3 is 2.29 bits per heavy atom. The van der Waals surface area contributed by atoms with E-state index in [1.54, 1.807) is 4.90 Å². The highest BCUT2D eigenvalue weighted by atomic mass is 16.5. The van der Waals surface area contributed by atoms with Crippen molar-refractivity contribution < 1.29 is 14.3 Å². The van der Waals surface area contributed by atoms with Crippen molar-refractivity contribution in [3.63, 3.8) is 0 Å². The summed E-state index contributed by atoms with van der Waals surface area (Å²) in [5, 5.41) is 0. The number of carbonyl (C=O) groups is 2. The molecule has 0 aromatic carbocycles. The van der Waals surface area contributed by atoms with Crippen molar-refractivity contribution in [2.45, 2.75) is 26.7 Å². The van der Waals surface area contributed by atoms with E-state index in [9.17, 15) is 9.59 Å². The molecule has 0 radical (unpaired) electrons. The lowest BCUT2D eigenvalue weighted by atomic mass is 10.1. The van der Waals surface area contributed by atoms with Gasteiger partial charge in [0.2, 0.25) is 5.91 Å². The van der Waals surface area contributed by atoms with Crippen molar-refractivity contribution in [1.82, 2.24) is 9.80 Å². The molecule has 0 aromatic rings. The Hall–Kier alpha value is -1.26. The third-order valence-electron chi connectivity index (χ3n) is 2.86. The van der Waals surface area contributed by atoms with Gasteiger partial charge in [-0.05, 0) is 12.3 Å². The van der Waals surface area contributed by atoms with Gasteiger partial charge in [0, 0.05) is 32.6 Å². The normalized spacial score (nSPS) is 16.9. The second-order valence-corrected chi connectivity index (χ2v) is 4.79. The van der Waals surface area contributed by atoms with Crippen LogP contribution in [0.15, 0.2) is 0 Å².